The number of ether oxygens (including phenoxy) is 11. The molecule has 0 bridgehead atoms. The van der Waals surface area contributed by atoms with Gasteiger partial charge in [-0.15, -0.1) is 7.92 Å². The van der Waals surface area contributed by atoms with Crippen LogP contribution in [0.4, 0.5) is 0 Å². The van der Waals surface area contributed by atoms with E-state index in [1.807, 2.05) is 0 Å². The summed E-state index contributed by atoms with van der Waals surface area (Å²) >= 11 is 0. The number of hydrogen-bond acceptors (Lipinski definition) is 21. The lowest BCUT2D eigenvalue weighted by Crippen LogP contribution is -2.41. The molecule has 1 saturated heterocycles. The second-order valence-electron chi connectivity index (χ2n) is 17.6. The van der Waals surface area contributed by atoms with Crippen molar-refractivity contribution >= 4 is 7.92 Å². The lowest BCUT2D eigenvalue weighted by molar-refractivity contribution is -0.178. The molecule has 0 aliphatic carbocycles. The first-order valence-corrected chi connectivity index (χ1v) is 26.8. The number of unbranched alkanes of at least 4 members (excludes halogenated alkanes) is 9. The van der Waals surface area contributed by atoms with Crippen LogP contribution in [-0.4, -0.2) is 276 Å². The lowest BCUT2D eigenvalue weighted by atomic mass is 10.1. The molecule has 1 aliphatic rings. The summed E-state index contributed by atoms with van der Waals surface area (Å²) in [5.41, 5.74) is 0. The molecule has 10 N–H and O–H groups in total. The first-order chi connectivity index (χ1) is 33.0. The molecule has 0 aromatic heterocycles. The Hall–Kier alpha value is -0.410. The van der Waals surface area contributed by atoms with Crippen molar-refractivity contribution in [1.29, 1.82) is 0 Å². The van der Waals surface area contributed by atoms with Gasteiger partial charge in [0.1, 0.15) is 61.0 Å². The van der Waals surface area contributed by atoms with Crippen molar-refractivity contribution in [3.8, 4) is 0 Å². The first kappa shape index (κ1) is 65.6. The Labute approximate surface area is 406 Å². The molecule has 21 nitrogen and oxygen atoms in total. The Morgan fingerprint density at radius 1 is 0.456 bits per heavy atom. The smallest absolute Gasteiger partial charge is 0.105 e. The Kier molecular flexibility index (Phi) is 43.6. The number of rotatable bonds is 50. The summed E-state index contributed by atoms with van der Waals surface area (Å²) in [6.45, 7) is 1.60. The minimum atomic E-state index is -1.13. The van der Waals surface area contributed by atoms with Crippen molar-refractivity contribution in [1.82, 2.24) is 0 Å². The summed E-state index contributed by atoms with van der Waals surface area (Å²) in [5.74, 6) is 0. The van der Waals surface area contributed by atoms with Crippen molar-refractivity contribution in [2.75, 3.05) is 158 Å². The fourth-order valence-electron chi connectivity index (χ4n) is 6.77. The van der Waals surface area contributed by atoms with Crippen LogP contribution in [0.1, 0.15) is 71.1 Å². The van der Waals surface area contributed by atoms with E-state index in [2.05, 4.69) is 13.6 Å². The zero-order valence-corrected chi connectivity index (χ0v) is 42.0. The van der Waals surface area contributed by atoms with Crippen LogP contribution < -0.4 is 0 Å². The van der Waals surface area contributed by atoms with E-state index in [0.29, 0.717) is 6.16 Å². The van der Waals surface area contributed by atoms with Gasteiger partial charge in [-0.2, -0.15) is 0 Å². The summed E-state index contributed by atoms with van der Waals surface area (Å²) in [5, 5.41) is 98.2. The summed E-state index contributed by atoms with van der Waals surface area (Å²) in [7, 11) is -0.333. The highest BCUT2D eigenvalue weighted by Crippen LogP contribution is 2.33. The summed E-state index contributed by atoms with van der Waals surface area (Å²) in [4.78, 5) is 0. The van der Waals surface area contributed by atoms with Crippen LogP contribution in [0.15, 0.2) is 0 Å². The third kappa shape index (κ3) is 37.4. The Bertz CT molecular complexity index is 1080. The van der Waals surface area contributed by atoms with Crippen LogP contribution in [0.5, 0.6) is 0 Å². The zero-order valence-electron chi connectivity index (χ0n) is 41.1. The van der Waals surface area contributed by atoms with E-state index in [9.17, 15) is 40.9 Å². The second-order valence-corrected chi connectivity index (χ2v) is 20.1. The van der Waals surface area contributed by atoms with Crippen LogP contribution in [0.3, 0.4) is 0 Å². The van der Waals surface area contributed by atoms with E-state index in [0.717, 1.165) is 12.6 Å². The maximum atomic E-state index is 10.7. The molecular formula is C46H93O21P. The molecule has 408 valence electrons. The molecule has 12 atom stereocenters. The summed E-state index contributed by atoms with van der Waals surface area (Å²) in [6.07, 6.45) is 5.50. The van der Waals surface area contributed by atoms with Gasteiger partial charge in [-0.05, 0) is 25.4 Å². The van der Waals surface area contributed by atoms with Crippen LogP contribution in [0.2, 0.25) is 0 Å². The standard InChI is InChI=1S/C46H93O21P/c1-3-4-5-6-7-8-9-10-11-12-13-68(2)35-40(56)23-58-22-39(55)25-65-44(29-60-26-41(16-49)64-24-37(53)15-48)30-63-34-45(31-59-21-38(54)20-57-19-36(52)14-47)66-42(17-50)27-61-32-46-33-62-28-43(18-51)67-46/h36-56H,3-35H2,1-2H3. The van der Waals surface area contributed by atoms with Crippen LogP contribution in [-0.2, 0) is 52.1 Å². The van der Waals surface area contributed by atoms with Crippen molar-refractivity contribution in [3.05, 3.63) is 0 Å². The van der Waals surface area contributed by atoms with Crippen LogP contribution >= 0.6 is 7.92 Å². The van der Waals surface area contributed by atoms with Gasteiger partial charge >= 0.3 is 0 Å². The molecule has 0 amide bonds. The Morgan fingerprint density at radius 3 is 1.49 bits per heavy atom. The average Bonchev–Trinajstić information content (AvgIpc) is 3.33. The van der Waals surface area contributed by atoms with E-state index < -0.39 is 93.6 Å². The lowest BCUT2D eigenvalue weighted by Gasteiger charge is -2.29. The summed E-state index contributed by atoms with van der Waals surface area (Å²) < 4.78 is 62.7. The van der Waals surface area contributed by atoms with Gasteiger partial charge in [0.05, 0.1) is 145 Å². The fraction of sp³-hybridized carbons (Fsp3) is 1.00. The maximum Gasteiger partial charge on any atom is 0.105 e. The molecule has 0 saturated carbocycles. The largest absolute Gasteiger partial charge is 0.394 e. The zero-order chi connectivity index (χ0) is 50.0. The predicted molar refractivity (Wildman–Crippen MR) is 252 cm³/mol. The molecule has 0 spiro atoms. The third-order valence-corrected chi connectivity index (χ3v) is 12.7. The van der Waals surface area contributed by atoms with Crippen molar-refractivity contribution in [3.63, 3.8) is 0 Å². The maximum absolute atomic E-state index is 10.7. The van der Waals surface area contributed by atoms with Gasteiger partial charge in [-0.25, -0.2) is 0 Å². The highest BCUT2D eigenvalue weighted by molar-refractivity contribution is 7.56. The van der Waals surface area contributed by atoms with Crippen LogP contribution in [0, 0.1) is 0 Å². The summed E-state index contributed by atoms with van der Waals surface area (Å²) in [6, 6.07) is 0. The van der Waals surface area contributed by atoms with E-state index in [1.165, 1.54) is 57.8 Å². The topological polar surface area (TPSA) is 304 Å². The van der Waals surface area contributed by atoms with Crippen LogP contribution in [0.25, 0.3) is 0 Å². The van der Waals surface area contributed by atoms with Gasteiger partial charge in [0.25, 0.3) is 0 Å². The normalized spacial score (nSPS) is 20.1. The Balaban J connectivity index is 2.76. The van der Waals surface area contributed by atoms with Crippen molar-refractivity contribution in [2.24, 2.45) is 0 Å². The highest BCUT2D eigenvalue weighted by Gasteiger charge is 2.25. The van der Waals surface area contributed by atoms with Gasteiger partial charge in [-0.3, -0.25) is 0 Å². The van der Waals surface area contributed by atoms with Gasteiger partial charge in [0.15, 0.2) is 0 Å². The quantitative estimate of drug-likeness (QED) is 0.0263. The number of aliphatic hydroxyl groups excluding tert-OH is 10. The highest BCUT2D eigenvalue weighted by atomic mass is 31.1. The molecular weight excluding hydrogens is 919 g/mol. The minimum absolute atomic E-state index is 0.0420. The van der Waals surface area contributed by atoms with Crippen molar-refractivity contribution in [2.45, 2.75) is 138 Å². The molecule has 0 aromatic carbocycles. The predicted octanol–water partition coefficient (Wildman–Crippen LogP) is -0.807. The molecule has 0 aromatic rings. The fourth-order valence-corrected chi connectivity index (χ4v) is 8.54. The Morgan fingerprint density at radius 2 is 0.897 bits per heavy atom. The van der Waals surface area contributed by atoms with Gasteiger partial charge < -0.3 is 103 Å². The minimum Gasteiger partial charge on any atom is -0.394 e. The molecule has 1 rings (SSSR count). The second kappa shape index (κ2) is 45.2. The average molecular weight is 1010 g/mol. The molecule has 68 heavy (non-hydrogen) atoms. The first-order valence-electron chi connectivity index (χ1n) is 24.7. The van der Waals surface area contributed by atoms with E-state index >= 15 is 0 Å². The molecule has 1 heterocycles. The SMILES string of the molecule is CCCCCCCCCCCCP(C)CC(O)COCC(O)COC(COCC(CO)OCC(O)CO)COCC(COCC(O)COCC(O)CO)OC(CO)COCC1COCC(CO)O1. The number of hydrogen-bond donors (Lipinski definition) is 10. The van der Waals surface area contributed by atoms with E-state index in [1.54, 1.807) is 0 Å². The molecule has 1 aliphatic heterocycles. The number of aliphatic hydroxyl groups is 10. The van der Waals surface area contributed by atoms with Gasteiger partial charge in [-0.1, -0.05) is 64.7 Å². The molecule has 12 unspecified atom stereocenters. The molecule has 1 fully saturated rings. The van der Waals surface area contributed by atoms with Crippen molar-refractivity contribution < 1.29 is 103 Å². The molecule has 0 radical (unpaired) electrons. The third-order valence-electron chi connectivity index (χ3n) is 10.6. The monoisotopic (exact) mass is 1010 g/mol. The van der Waals surface area contributed by atoms with E-state index in [-0.39, 0.29) is 120 Å². The van der Waals surface area contributed by atoms with E-state index in [4.69, 9.17) is 62.3 Å². The van der Waals surface area contributed by atoms with Gasteiger partial charge in [0.2, 0.25) is 0 Å². The molecule has 22 heteroatoms. The van der Waals surface area contributed by atoms with Gasteiger partial charge in [0, 0.05) is 0 Å².